The minimum absolute atomic E-state index is 0.455. The second-order valence-electron chi connectivity index (χ2n) is 4.21. The number of pyridine rings is 1. The van der Waals surface area contributed by atoms with Gasteiger partial charge in [-0.05, 0) is 40.2 Å². The number of rotatable bonds is 4. The van der Waals surface area contributed by atoms with E-state index in [0.29, 0.717) is 11.2 Å². The van der Waals surface area contributed by atoms with Gasteiger partial charge < -0.3 is 4.74 Å². The fraction of sp³-hybridized carbons (Fsp3) is 0.0667. The van der Waals surface area contributed by atoms with Crippen molar-refractivity contribution in [2.24, 2.45) is 0 Å². The number of benzene rings is 1. The molecular weight excluding hydrogens is 318 g/mol. The second-order valence-corrected chi connectivity index (χ2v) is 4.96. The van der Waals surface area contributed by atoms with E-state index in [9.17, 15) is 0 Å². The summed E-state index contributed by atoms with van der Waals surface area (Å²) in [7, 11) is 0. The van der Waals surface area contributed by atoms with E-state index >= 15 is 0 Å². The third-order valence-electron chi connectivity index (χ3n) is 2.78. The normalized spacial score (nSPS) is 10.4. The molecule has 5 heteroatoms. The van der Waals surface area contributed by atoms with Gasteiger partial charge in [-0.3, -0.25) is 0 Å². The lowest BCUT2D eigenvalue weighted by Gasteiger charge is -2.05. The fourth-order valence-electron chi connectivity index (χ4n) is 1.80. The minimum atomic E-state index is 0.455. The van der Waals surface area contributed by atoms with Crippen molar-refractivity contribution in [3.63, 3.8) is 0 Å². The third-order valence-corrected chi connectivity index (χ3v) is 3.37. The number of halogens is 1. The first kappa shape index (κ1) is 12.9. The van der Waals surface area contributed by atoms with Gasteiger partial charge in [0.1, 0.15) is 11.2 Å². The molecule has 4 nitrogen and oxygen atoms in total. The van der Waals surface area contributed by atoms with Gasteiger partial charge in [0.05, 0.1) is 11.9 Å². The van der Waals surface area contributed by atoms with E-state index in [1.807, 2.05) is 53.3 Å². The molecule has 0 atom stereocenters. The molecular formula is C15H12BrN3O. The Hall–Kier alpha value is -2.14. The maximum atomic E-state index is 5.71. The lowest BCUT2D eigenvalue weighted by atomic mass is 10.3. The van der Waals surface area contributed by atoms with Crippen LogP contribution in [0.1, 0.15) is 5.56 Å². The van der Waals surface area contributed by atoms with Crippen molar-refractivity contribution >= 4 is 15.9 Å². The molecule has 3 rings (SSSR count). The average molecular weight is 330 g/mol. The molecule has 0 unspecified atom stereocenters. The maximum absolute atomic E-state index is 5.71. The number of para-hydroxylation sites is 1. The molecule has 0 aliphatic carbocycles. The Bertz CT molecular complexity index is 697. The quantitative estimate of drug-likeness (QED) is 0.686. The van der Waals surface area contributed by atoms with Crippen molar-refractivity contribution in [2.45, 2.75) is 6.61 Å². The predicted octanol–water partition coefficient (Wildman–Crippen LogP) is 3.61. The molecule has 0 radical (unpaired) electrons. The Balaban J connectivity index is 1.71. The highest BCUT2D eigenvalue weighted by Crippen LogP contribution is 2.22. The second kappa shape index (κ2) is 5.88. The first-order valence-electron chi connectivity index (χ1n) is 6.15. The molecule has 20 heavy (non-hydrogen) atoms. The van der Waals surface area contributed by atoms with Crippen LogP contribution in [-0.2, 0) is 6.61 Å². The van der Waals surface area contributed by atoms with Gasteiger partial charge in [0.2, 0.25) is 0 Å². The molecule has 0 spiro atoms. The van der Waals surface area contributed by atoms with Gasteiger partial charge in [0.15, 0.2) is 5.75 Å². The largest absolute Gasteiger partial charge is 0.486 e. The minimum Gasteiger partial charge on any atom is -0.486 e. The van der Waals surface area contributed by atoms with E-state index in [0.717, 1.165) is 17.0 Å². The fourth-order valence-corrected chi connectivity index (χ4v) is 2.16. The molecule has 0 N–H and O–H groups in total. The van der Waals surface area contributed by atoms with Crippen LogP contribution in [0.3, 0.4) is 0 Å². The summed E-state index contributed by atoms with van der Waals surface area (Å²) >= 11 is 3.35. The number of nitrogens with zero attached hydrogens (tertiary/aromatic N) is 3. The van der Waals surface area contributed by atoms with Gasteiger partial charge in [0, 0.05) is 18.0 Å². The zero-order valence-electron chi connectivity index (χ0n) is 10.6. The molecule has 0 aliphatic heterocycles. The van der Waals surface area contributed by atoms with Crippen molar-refractivity contribution in [1.82, 2.24) is 14.8 Å². The van der Waals surface area contributed by atoms with Crippen LogP contribution in [0.5, 0.6) is 5.75 Å². The zero-order valence-corrected chi connectivity index (χ0v) is 12.2. The van der Waals surface area contributed by atoms with Gasteiger partial charge >= 0.3 is 0 Å². The van der Waals surface area contributed by atoms with Crippen molar-refractivity contribution in [3.8, 4) is 11.4 Å². The Morgan fingerprint density at radius 2 is 1.95 bits per heavy atom. The summed E-state index contributed by atoms with van der Waals surface area (Å²) in [5.74, 6) is 0.722. The van der Waals surface area contributed by atoms with E-state index in [-0.39, 0.29) is 0 Å². The number of hydrogen-bond acceptors (Lipinski definition) is 3. The standard InChI is InChI=1S/C15H12BrN3O/c16-15-14(7-4-8-17-15)20-11-12-9-18-19(10-12)13-5-2-1-3-6-13/h1-10H,11H2. The molecule has 3 aromatic rings. The first-order chi connectivity index (χ1) is 9.83. The van der Waals surface area contributed by atoms with Gasteiger partial charge in [0.25, 0.3) is 0 Å². The van der Waals surface area contributed by atoms with Crippen LogP contribution in [0.15, 0.2) is 65.7 Å². The van der Waals surface area contributed by atoms with Gasteiger partial charge in [-0.15, -0.1) is 0 Å². The molecule has 0 saturated heterocycles. The SMILES string of the molecule is Brc1ncccc1OCc1cnn(-c2ccccc2)c1. The van der Waals surface area contributed by atoms with E-state index in [4.69, 9.17) is 4.74 Å². The Morgan fingerprint density at radius 1 is 1.10 bits per heavy atom. The summed E-state index contributed by atoms with van der Waals surface area (Å²) < 4.78 is 8.24. The molecule has 0 amide bonds. The van der Waals surface area contributed by atoms with Crippen LogP contribution in [-0.4, -0.2) is 14.8 Å². The summed E-state index contributed by atoms with van der Waals surface area (Å²) in [6.45, 7) is 0.455. The highest BCUT2D eigenvalue weighted by molar-refractivity contribution is 9.10. The van der Waals surface area contributed by atoms with Crippen molar-refractivity contribution in [3.05, 3.63) is 71.2 Å². The summed E-state index contributed by atoms with van der Waals surface area (Å²) in [6, 6.07) is 13.7. The molecule has 2 heterocycles. The Labute approximate surface area is 125 Å². The van der Waals surface area contributed by atoms with Crippen molar-refractivity contribution in [1.29, 1.82) is 0 Å². The van der Waals surface area contributed by atoms with Crippen LogP contribution in [0.4, 0.5) is 0 Å². The van der Waals surface area contributed by atoms with Crippen molar-refractivity contribution < 1.29 is 4.74 Å². The van der Waals surface area contributed by atoms with Crippen LogP contribution in [0.25, 0.3) is 5.69 Å². The summed E-state index contributed by atoms with van der Waals surface area (Å²) in [5.41, 5.74) is 2.03. The highest BCUT2D eigenvalue weighted by atomic mass is 79.9. The maximum Gasteiger partial charge on any atom is 0.152 e. The molecule has 0 aliphatic rings. The lowest BCUT2D eigenvalue weighted by Crippen LogP contribution is -1.96. The molecule has 2 aromatic heterocycles. The van der Waals surface area contributed by atoms with Crippen LogP contribution >= 0.6 is 15.9 Å². The van der Waals surface area contributed by atoms with Gasteiger partial charge in [-0.2, -0.15) is 5.10 Å². The van der Waals surface area contributed by atoms with Crippen LogP contribution < -0.4 is 4.74 Å². The van der Waals surface area contributed by atoms with E-state index in [1.54, 1.807) is 12.4 Å². The number of ether oxygens (including phenoxy) is 1. The lowest BCUT2D eigenvalue weighted by molar-refractivity contribution is 0.302. The zero-order chi connectivity index (χ0) is 13.8. The van der Waals surface area contributed by atoms with Crippen LogP contribution in [0, 0.1) is 0 Å². The first-order valence-corrected chi connectivity index (χ1v) is 6.94. The summed E-state index contributed by atoms with van der Waals surface area (Å²) in [5, 5.41) is 4.33. The van der Waals surface area contributed by atoms with Gasteiger partial charge in [-0.25, -0.2) is 9.67 Å². The molecule has 0 saturated carbocycles. The predicted molar refractivity (Wildman–Crippen MR) is 79.8 cm³/mol. The van der Waals surface area contributed by atoms with Crippen LogP contribution in [0.2, 0.25) is 0 Å². The molecule has 100 valence electrons. The third kappa shape index (κ3) is 2.88. The summed E-state index contributed by atoms with van der Waals surface area (Å²) in [4.78, 5) is 4.12. The van der Waals surface area contributed by atoms with E-state index in [1.165, 1.54) is 0 Å². The summed E-state index contributed by atoms with van der Waals surface area (Å²) in [6.07, 6.45) is 5.47. The van der Waals surface area contributed by atoms with Gasteiger partial charge in [-0.1, -0.05) is 18.2 Å². The average Bonchev–Trinajstić information content (AvgIpc) is 2.96. The van der Waals surface area contributed by atoms with E-state index in [2.05, 4.69) is 26.0 Å². The number of hydrogen-bond donors (Lipinski definition) is 0. The monoisotopic (exact) mass is 329 g/mol. The molecule has 1 aromatic carbocycles. The topological polar surface area (TPSA) is 39.9 Å². The highest BCUT2D eigenvalue weighted by Gasteiger charge is 2.04. The Kier molecular flexibility index (Phi) is 3.78. The number of aromatic nitrogens is 3. The molecule has 0 fully saturated rings. The Morgan fingerprint density at radius 3 is 2.75 bits per heavy atom. The van der Waals surface area contributed by atoms with Crippen molar-refractivity contribution in [2.75, 3.05) is 0 Å². The smallest absolute Gasteiger partial charge is 0.152 e. The molecule has 0 bridgehead atoms. The van der Waals surface area contributed by atoms with E-state index < -0.39 is 0 Å².